The van der Waals surface area contributed by atoms with Gasteiger partial charge in [-0.05, 0) is 41.0 Å². The number of pyridine rings is 1. The highest BCUT2D eigenvalue weighted by Crippen LogP contribution is 2.44. The maximum Gasteiger partial charge on any atom is 0.123 e. The molecule has 0 spiro atoms. The van der Waals surface area contributed by atoms with E-state index in [1.54, 1.807) is 11.8 Å². The maximum absolute atomic E-state index is 13.7. The van der Waals surface area contributed by atoms with Crippen LogP contribution >= 0.6 is 11.8 Å². The van der Waals surface area contributed by atoms with E-state index in [2.05, 4.69) is 23.2 Å². The highest BCUT2D eigenvalue weighted by Gasteiger charge is 2.24. The molecule has 2 heterocycles. The van der Waals surface area contributed by atoms with Gasteiger partial charge in [-0.15, -0.1) is 11.8 Å². The van der Waals surface area contributed by atoms with Gasteiger partial charge in [0.1, 0.15) is 5.82 Å². The van der Waals surface area contributed by atoms with Crippen molar-refractivity contribution in [3.05, 3.63) is 83.7 Å². The third-order valence-electron chi connectivity index (χ3n) is 4.97. The van der Waals surface area contributed by atoms with Crippen LogP contribution in [0, 0.1) is 5.82 Å². The fraction of sp³-hybridized carbons (Fsp3) is 0.0435. The summed E-state index contributed by atoms with van der Waals surface area (Å²) in [5.41, 5.74) is 4.80. The van der Waals surface area contributed by atoms with Gasteiger partial charge < -0.3 is 9.90 Å². The van der Waals surface area contributed by atoms with Crippen LogP contribution in [0.2, 0.25) is 0 Å². The van der Waals surface area contributed by atoms with Crippen LogP contribution in [0.25, 0.3) is 33.3 Å². The van der Waals surface area contributed by atoms with E-state index in [0.29, 0.717) is 22.5 Å². The molecule has 28 heavy (non-hydrogen) atoms. The van der Waals surface area contributed by atoms with Gasteiger partial charge in [0.25, 0.3) is 0 Å². The summed E-state index contributed by atoms with van der Waals surface area (Å²) in [6.45, 7) is 0. The number of thioether (sulfide) groups is 1. The predicted molar refractivity (Wildman–Crippen MR) is 106 cm³/mol. The van der Waals surface area contributed by atoms with Gasteiger partial charge in [-0.3, -0.25) is 0 Å². The molecule has 0 aliphatic carbocycles. The van der Waals surface area contributed by atoms with E-state index < -0.39 is 11.8 Å². The van der Waals surface area contributed by atoms with Gasteiger partial charge in [0.05, 0.1) is 17.2 Å². The molecule has 5 heteroatoms. The second-order valence-electron chi connectivity index (χ2n) is 6.63. The van der Waals surface area contributed by atoms with E-state index in [4.69, 9.17) is 0 Å². The molecule has 1 aliphatic heterocycles. The Kier molecular flexibility index (Phi) is 3.91. The molecule has 1 aliphatic rings. The molecule has 0 unspecified atom stereocenters. The SMILES string of the molecule is O=C([O-])c1c2c(nc3ccc(F)cc13)-c1ccc(-c3ccccc3)cc1SC2. The molecule has 1 aromatic heterocycles. The zero-order valence-corrected chi connectivity index (χ0v) is 15.4. The van der Waals surface area contributed by atoms with Crippen molar-refractivity contribution in [2.45, 2.75) is 10.6 Å². The lowest BCUT2D eigenvalue weighted by Crippen LogP contribution is -2.25. The third kappa shape index (κ3) is 2.67. The van der Waals surface area contributed by atoms with Crippen LogP contribution in [0.1, 0.15) is 15.9 Å². The smallest absolute Gasteiger partial charge is 0.123 e. The summed E-state index contributed by atoms with van der Waals surface area (Å²) in [6.07, 6.45) is 0. The summed E-state index contributed by atoms with van der Waals surface area (Å²) in [5.74, 6) is -1.35. The Balaban J connectivity index is 1.74. The molecule has 5 rings (SSSR count). The van der Waals surface area contributed by atoms with Crippen LogP contribution in [0.3, 0.4) is 0 Å². The van der Waals surface area contributed by atoms with Crippen molar-refractivity contribution in [2.24, 2.45) is 0 Å². The average molecular weight is 386 g/mol. The molecular formula is C23H13FNO2S-. The van der Waals surface area contributed by atoms with Crippen molar-refractivity contribution < 1.29 is 14.3 Å². The number of nitrogens with zero attached hydrogens (tertiary/aromatic N) is 1. The summed E-state index contributed by atoms with van der Waals surface area (Å²) >= 11 is 1.56. The first-order valence-electron chi connectivity index (χ1n) is 8.78. The molecule has 0 fully saturated rings. The summed E-state index contributed by atoms with van der Waals surface area (Å²) in [7, 11) is 0. The first-order valence-corrected chi connectivity index (χ1v) is 9.76. The van der Waals surface area contributed by atoms with E-state index in [-0.39, 0.29) is 10.9 Å². The zero-order chi connectivity index (χ0) is 19.3. The first-order chi connectivity index (χ1) is 13.6. The Morgan fingerprint density at radius 2 is 1.82 bits per heavy atom. The monoisotopic (exact) mass is 386 g/mol. The standard InChI is InChI=1S/C23H14FNO2S/c24-15-7-9-19-17(11-15)21(23(26)27)18-12-28-20-10-14(13-4-2-1-3-5-13)6-8-16(20)22(18)25-19/h1-11H,12H2,(H,26,27)/p-1. The molecule has 0 amide bonds. The van der Waals surface area contributed by atoms with Crippen LogP contribution in [0.15, 0.2) is 71.6 Å². The number of hydrogen-bond acceptors (Lipinski definition) is 4. The Morgan fingerprint density at radius 1 is 1.00 bits per heavy atom. The number of carboxylic acid groups (broad SMARTS) is 1. The van der Waals surface area contributed by atoms with Gasteiger partial charge in [-0.2, -0.15) is 0 Å². The van der Waals surface area contributed by atoms with Crippen molar-refractivity contribution in [3.8, 4) is 22.4 Å². The minimum atomic E-state index is -1.31. The predicted octanol–water partition coefficient (Wildman–Crippen LogP) is 4.68. The topological polar surface area (TPSA) is 53.0 Å². The molecule has 0 bridgehead atoms. The van der Waals surface area contributed by atoms with E-state index in [1.807, 2.05) is 30.3 Å². The van der Waals surface area contributed by atoms with Gasteiger partial charge in [-0.25, -0.2) is 9.37 Å². The van der Waals surface area contributed by atoms with Crippen molar-refractivity contribution in [1.29, 1.82) is 0 Å². The van der Waals surface area contributed by atoms with Gasteiger partial charge in [0.2, 0.25) is 0 Å². The third-order valence-corrected chi connectivity index (χ3v) is 6.05. The molecular weight excluding hydrogens is 373 g/mol. The van der Waals surface area contributed by atoms with E-state index in [0.717, 1.165) is 21.6 Å². The summed E-state index contributed by atoms with van der Waals surface area (Å²) < 4.78 is 13.7. The highest BCUT2D eigenvalue weighted by molar-refractivity contribution is 7.98. The molecule has 3 aromatic carbocycles. The Bertz CT molecular complexity index is 1250. The number of fused-ring (bicyclic) bond motifs is 4. The number of aromatic nitrogens is 1. The van der Waals surface area contributed by atoms with E-state index in [9.17, 15) is 14.3 Å². The van der Waals surface area contributed by atoms with Crippen molar-refractivity contribution in [3.63, 3.8) is 0 Å². The lowest BCUT2D eigenvalue weighted by atomic mass is 9.95. The minimum absolute atomic E-state index is 0.0322. The molecule has 3 nitrogen and oxygen atoms in total. The van der Waals surface area contributed by atoms with Gasteiger partial charge in [0.15, 0.2) is 0 Å². The molecule has 4 aromatic rings. The van der Waals surface area contributed by atoms with Crippen molar-refractivity contribution in [1.82, 2.24) is 4.98 Å². The van der Waals surface area contributed by atoms with Crippen molar-refractivity contribution in [2.75, 3.05) is 0 Å². The number of carbonyl (C=O) groups excluding carboxylic acids is 1. The lowest BCUT2D eigenvalue weighted by Gasteiger charge is -2.24. The molecule has 0 saturated carbocycles. The largest absolute Gasteiger partial charge is 0.545 e. The van der Waals surface area contributed by atoms with E-state index >= 15 is 0 Å². The summed E-state index contributed by atoms with van der Waals surface area (Å²) in [6, 6.07) is 20.2. The van der Waals surface area contributed by atoms with Crippen LogP contribution in [0.4, 0.5) is 4.39 Å². The molecule has 0 atom stereocenters. The maximum atomic E-state index is 13.7. The number of carboxylic acids is 1. The average Bonchev–Trinajstić information content (AvgIpc) is 2.72. The Hall–Kier alpha value is -3.18. The molecule has 0 radical (unpaired) electrons. The zero-order valence-electron chi connectivity index (χ0n) is 14.6. The van der Waals surface area contributed by atoms with Crippen molar-refractivity contribution >= 4 is 28.6 Å². The normalized spacial score (nSPS) is 12.5. The van der Waals surface area contributed by atoms with E-state index in [1.165, 1.54) is 18.2 Å². The Labute approximate surface area is 164 Å². The second kappa shape index (κ2) is 6.46. The van der Waals surface area contributed by atoms with Crippen LogP contribution in [0.5, 0.6) is 0 Å². The van der Waals surface area contributed by atoms with Gasteiger partial charge in [0, 0.05) is 27.2 Å². The van der Waals surface area contributed by atoms with Crippen LogP contribution < -0.4 is 5.11 Å². The highest BCUT2D eigenvalue weighted by atomic mass is 32.2. The van der Waals surface area contributed by atoms with Gasteiger partial charge >= 0.3 is 0 Å². The van der Waals surface area contributed by atoms with Crippen LogP contribution in [-0.2, 0) is 5.75 Å². The van der Waals surface area contributed by atoms with Gasteiger partial charge in [-0.1, -0.05) is 42.5 Å². The minimum Gasteiger partial charge on any atom is -0.545 e. The van der Waals surface area contributed by atoms with Crippen LogP contribution in [-0.4, -0.2) is 11.0 Å². The number of hydrogen-bond donors (Lipinski definition) is 0. The molecule has 0 N–H and O–H groups in total. The Morgan fingerprint density at radius 3 is 2.61 bits per heavy atom. The molecule has 0 saturated heterocycles. The number of rotatable bonds is 2. The summed E-state index contributed by atoms with van der Waals surface area (Å²) in [4.78, 5) is 17.6. The quantitative estimate of drug-likeness (QED) is 0.502. The first kappa shape index (κ1) is 17.0. The second-order valence-corrected chi connectivity index (χ2v) is 7.65. The fourth-order valence-electron chi connectivity index (χ4n) is 3.67. The molecule has 136 valence electrons. The number of aromatic carboxylic acids is 1. The lowest BCUT2D eigenvalue weighted by molar-refractivity contribution is -0.254. The number of benzene rings is 3. The summed E-state index contributed by atoms with van der Waals surface area (Å²) in [5, 5.41) is 12.2. The number of carbonyl (C=O) groups is 1. The fourth-order valence-corrected chi connectivity index (χ4v) is 4.78. The number of halogens is 1.